The van der Waals surface area contributed by atoms with Crippen molar-refractivity contribution in [2.24, 2.45) is 0 Å². The van der Waals surface area contributed by atoms with E-state index in [-0.39, 0.29) is 20.6 Å². The molecule has 0 N–H and O–H groups in total. The SMILES string of the molecule is CC(C)(C)[Si](C)(C)OCCN(Cc1ccccc1)C(=O)c1c(F)ccc(C#N)c1Br. The Labute approximate surface area is 187 Å². The summed E-state index contributed by atoms with van der Waals surface area (Å²) in [6.45, 7) is 11.8. The topological polar surface area (TPSA) is 53.3 Å². The van der Waals surface area contributed by atoms with Crippen molar-refractivity contribution in [1.82, 2.24) is 4.90 Å². The molecule has 160 valence electrons. The highest BCUT2D eigenvalue weighted by molar-refractivity contribution is 9.10. The molecule has 0 bridgehead atoms. The zero-order chi connectivity index (χ0) is 22.5. The van der Waals surface area contributed by atoms with E-state index in [1.54, 1.807) is 4.90 Å². The van der Waals surface area contributed by atoms with Gasteiger partial charge in [0, 0.05) is 13.1 Å². The summed E-state index contributed by atoms with van der Waals surface area (Å²) in [7, 11) is -1.98. The average molecular weight is 491 g/mol. The summed E-state index contributed by atoms with van der Waals surface area (Å²) >= 11 is 3.24. The molecule has 7 heteroatoms. The van der Waals surface area contributed by atoms with Crippen molar-refractivity contribution in [3.63, 3.8) is 0 Å². The quantitative estimate of drug-likeness (QED) is 0.438. The molecule has 2 aromatic rings. The molecule has 0 aliphatic heterocycles. The number of carbonyl (C=O) groups excluding carboxylic acids is 1. The molecule has 0 aliphatic rings. The summed E-state index contributed by atoms with van der Waals surface area (Å²) in [6.07, 6.45) is 0. The number of amides is 1. The fourth-order valence-electron chi connectivity index (χ4n) is 2.68. The molecule has 0 spiro atoms. The van der Waals surface area contributed by atoms with Crippen LogP contribution >= 0.6 is 15.9 Å². The third-order valence-corrected chi connectivity index (χ3v) is 10.9. The predicted octanol–water partition coefficient (Wildman–Crippen LogP) is 6.12. The van der Waals surface area contributed by atoms with Crippen molar-refractivity contribution in [2.45, 2.75) is 45.4 Å². The second kappa shape index (κ2) is 9.86. The number of benzene rings is 2. The van der Waals surface area contributed by atoms with Gasteiger partial charge in [0.1, 0.15) is 11.9 Å². The average Bonchev–Trinajstić information content (AvgIpc) is 2.67. The van der Waals surface area contributed by atoms with Gasteiger partial charge in [0.25, 0.3) is 5.91 Å². The first-order valence-electron chi connectivity index (χ1n) is 9.83. The lowest BCUT2D eigenvalue weighted by atomic mass is 10.1. The van der Waals surface area contributed by atoms with E-state index in [2.05, 4.69) is 49.8 Å². The highest BCUT2D eigenvalue weighted by Gasteiger charge is 2.37. The van der Waals surface area contributed by atoms with E-state index in [1.807, 2.05) is 36.4 Å². The van der Waals surface area contributed by atoms with Crippen LogP contribution < -0.4 is 0 Å². The van der Waals surface area contributed by atoms with Crippen molar-refractivity contribution >= 4 is 30.2 Å². The first-order valence-corrected chi connectivity index (χ1v) is 13.5. The van der Waals surface area contributed by atoms with E-state index < -0.39 is 20.0 Å². The highest BCUT2D eigenvalue weighted by atomic mass is 79.9. The number of carbonyl (C=O) groups is 1. The molecule has 4 nitrogen and oxygen atoms in total. The van der Waals surface area contributed by atoms with E-state index in [1.165, 1.54) is 6.07 Å². The van der Waals surface area contributed by atoms with Gasteiger partial charge in [0.05, 0.1) is 22.2 Å². The minimum atomic E-state index is -1.98. The number of nitriles is 1. The molecular weight excluding hydrogens is 463 g/mol. The third-order valence-electron chi connectivity index (χ3n) is 5.56. The summed E-state index contributed by atoms with van der Waals surface area (Å²) in [5.74, 6) is -1.13. The van der Waals surface area contributed by atoms with Crippen LogP contribution in [0.2, 0.25) is 18.1 Å². The van der Waals surface area contributed by atoms with E-state index in [9.17, 15) is 14.4 Å². The Morgan fingerprint density at radius 3 is 2.40 bits per heavy atom. The summed E-state index contributed by atoms with van der Waals surface area (Å²) < 4.78 is 21.0. The van der Waals surface area contributed by atoms with Gasteiger partial charge in [-0.15, -0.1) is 0 Å². The Morgan fingerprint density at radius 1 is 1.20 bits per heavy atom. The van der Waals surface area contributed by atoms with E-state index >= 15 is 0 Å². The zero-order valence-electron chi connectivity index (χ0n) is 18.1. The van der Waals surface area contributed by atoms with Crippen LogP contribution in [-0.4, -0.2) is 32.3 Å². The minimum absolute atomic E-state index is 0.0531. The molecule has 30 heavy (non-hydrogen) atoms. The van der Waals surface area contributed by atoms with Crippen molar-refractivity contribution in [2.75, 3.05) is 13.2 Å². The molecule has 2 rings (SSSR count). The van der Waals surface area contributed by atoms with E-state index in [0.29, 0.717) is 19.7 Å². The molecular formula is C23H28BrFN2O2Si. The first kappa shape index (κ1) is 24.3. The number of nitrogens with zero attached hydrogens (tertiary/aromatic N) is 2. The molecule has 0 saturated carbocycles. The van der Waals surface area contributed by atoms with Gasteiger partial charge in [-0.2, -0.15) is 5.26 Å². The van der Waals surface area contributed by atoms with Crippen molar-refractivity contribution in [3.05, 3.63) is 69.4 Å². The van der Waals surface area contributed by atoms with Crippen molar-refractivity contribution in [3.8, 4) is 6.07 Å². The van der Waals surface area contributed by atoms with Crippen LogP contribution in [0, 0.1) is 17.1 Å². The summed E-state index contributed by atoms with van der Waals surface area (Å²) in [4.78, 5) is 14.9. The zero-order valence-corrected chi connectivity index (χ0v) is 20.7. The third kappa shape index (κ3) is 5.78. The number of halogens is 2. The van der Waals surface area contributed by atoms with Crippen LogP contribution in [0.5, 0.6) is 0 Å². The lowest BCUT2D eigenvalue weighted by Gasteiger charge is -2.37. The van der Waals surface area contributed by atoms with Crippen LogP contribution in [0.3, 0.4) is 0 Å². The van der Waals surface area contributed by atoms with E-state index in [4.69, 9.17) is 4.43 Å². The lowest BCUT2D eigenvalue weighted by molar-refractivity contribution is 0.0706. The van der Waals surface area contributed by atoms with Crippen LogP contribution in [0.15, 0.2) is 46.9 Å². The van der Waals surface area contributed by atoms with Gasteiger partial charge in [0.2, 0.25) is 0 Å². The Kier molecular flexibility index (Phi) is 7.97. The fraction of sp³-hybridized carbons (Fsp3) is 0.391. The largest absolute Gasteiger partial charge is 0.415 e. The van der Waals surface area contributed by atoms with Gasteiger partial charge in [-0.25, -0.2) is 4.39 Å². The Balaban J connectivity index is 2.30. The first-order chi connectivity index (χ1) is 14.0. The smallest absolute Gasteiger partial charge is 0.258 e. The molecule has 0 saturated heterocycles. The normalized spacial score (nSPS) is 11.8. The van der Waals surface area contributed by atoms with Gasteiger partial charge in [-0.05, 0) is 51.8 Å². The maximum absolute atomic E-state index is 14.6. The Bertz CT molecular complexity index is 937. The summed E-state index contributed by atoms with van der Waals surface area (Å²) in [6, 6.07) is 14.0. The van der Waals surface area contributed by atoms with Gasteiger partial charge in [-0.1, -0.05) is 51.1 Å². The molecule has 0 radical (unpaired) electrons. The number of hydrogen-bond acceptors (Lipinski definition) is 3. The molecule has 0 fully saturated rings. The molecule has 0 aromatic heterocycles. The Hall–Kier alpha value is -2.01. The second-order valence-corrected chi connectivity index (χ2v) is 14.3. The minimum Gasteiger partial charge on any atom is -0.415 e. The standard InChI is InChI=1S/C23H28BrFN2O2Si/c1-23(2,3)30(4,5)29-14-13-27(16-17-9-7-6-8-10-17)22(28)20-19(25)12-11-18(15-26)21(20)24/h6-12H,13-14,16H2,1-5H3. The van der Waals surface area contributed by atoms with Gasteiger partial charge in [0.15, 0.2) is 8.32 Å². The van der Waals surface area contributed by atoms with Crippen LogP contribution in [0.1, 0.15) is 42.3 Å². The monoisotopic (exact) mass is 490 g/mol. The summed E-state index contributed by atoms with van der Waals surface area (Å²) in [5.41, 5.74) is 1.03. The Morgan fingerprint density at radius 2 is 1.83 bits per heavy atom. The van der Waals surface area contributed by atoms with Crippen LogP contribution in [0.25, 0.3) is 0 Å². The molecule has 0 heterocycles. The van der Waals surface area contributed by atoms with Crippen LogP contribution in [-0.2, 0) is 11.0 Å². The number of hydrogen-bond donors (Lipinski definition) is 0. The van der Waals surface area contributed by atoms with Crippen LogP contribution in [0.4, 0.5) is 4.39 Å². The molecule has 2 aromatic carbocycles. The maximum atomic E-state index is 14.6. The lowest BCUT2D eigenvalue weighted by Crippen LogP contribution is -2.43. The molecule has 1 amide bonds. The highest BCUT2D eigenvalue weighted by Crippen LogP contribution is 2.36. The van der Waals surface area contributed by atoms with Gasteiger partial charge in [-0.3, -0.25) is 4.79 Å². The molecule has 0 atom stereocenters. The van der Waals surface area contributed by atoms with E-state index in [0.717, 1.165) is 11.6 Å². The van der Waals surface area contributed by atoms with Crippen molar-refractivity contribution in [1.29, 1.82) is 5.26 Å². The van der Waals surface area contributed by atoms with Crippen molar-refractivity contribution < 1.29 is 13.6 Å². The molecule has 0 unspecified atom stereocenters. The van der Waals surface area contributed by atoms with Gasteiger partial charge < -0.3 is 9.33 Å². The molecule has 0 aliphatic carbocycles. The second-order valence-electron chi connectivity index (χ2n) is 8.72. The predicted molar refractivity (Wildman–Crippen MR) is 123 cm³/mol. The fourth-order valence-corrected chi connectivity index (χ4v) is 4.29. The maximum Gasteiger partial charge on any atom is 0.258 e. The van der Waals surface area contributed by atoms with Gasteiger partial charge >= 0.3 is 0 Å². The summed E-state index contributed by atoms with van der Waals surface area (Å²) in [5, 5.41) is 9.31. The number of rotatable bonds is 7.